The molecule has 0 amide bonds. The van der Waals surface area contributed by atoms with Crippen molar-refractivity contribution in [3.63, 3.8) is 0 Å². The van der Waals surface area contributed by atoms with Crippen LogP contribution in [0.2, 0.25) is 0 Å². The number of anilines is 1. The Balaban J connectivity index is 3.05. The van der Waals surface area contributed by atoms with Crippen molar-refractivity contribution in [3.8, 4) is 0 Å². The highest BCUT2D eigenvalue weighted by Crippen LogP contribution is 2.24. The van der Waals surface area contributed by atoms with E-state index >= 15 is 0 Å². The van der Waals surface area contributed by atoms with Gasteiger partial charge >= 0.3 is 0 Å². The number of halogens is 1. The van der Waals surface area contributed by atoms with Gasteiger partial charge in [-0.05, 0) is 54.9 Å². The van der Waals surface area contributed by atoms with E-state index in [1.807, 2.05) is 18.2 Å². The zero-order chi connectivity index (χ0) is 11.4. The van der Waals surface area contributed by atoms with Gasteiger partial charge < -0.3 is 4.90 Å². The lowest BCUT2D eigenvalue weighted by atomic mass is 10.1. The van der Waals surface area contributed by atoms with Gasteiger partial charge in [-0.15, -0.1) is 0 Å². The first-order valence-corrected chi connectivity index (χ1v) is 5.94. The number of hydrogen-bond donors (Lipinski definition) is 0. The van der Waals surface area contributed by atoms with Crippen molar-refractivity contribution in [2.24, 2.45) is 0 Å². The Morgan fingerprint density at radius 3 is 2.33 bits per heavy atom. The van der Waals surface area contributed by atoms with Crippen LogP contribution in [0.1, 0.15) is 31.1 Å². The van der Waals surface area contributed by atoms with Crippen molar-refractivity contribution < 1.29 is 4.79 Å². The zero-order valence-electron chi connectivity index (χ0n) is 9.38. The minimum Gasteiger partial charge on any atom is -0.372 e. The number of hydrogen-bond acceptors (Lipinski definition) is 2. The summed E-state index contributed by atoms with van der Waals surface area (Å²) in [5.74, 6) is 0.0907. The van der Waals surface area contributed by atoms with Crippen LogP contribution >= 0.6 is 15.9 Å². The molecule has 3 heteroatoms. The molecule has 0 bridgehead atoms. The van der Waals surface area contributed by atoms with E-state index in [2.05, 4.69) is 34.7 Å². The molecule has 0 aromatic heterocycles. The highest BCUT2D eigenvalue weighted by molar-refractivity contribution is 9.10. The van der Waals surface area contributed by atoms with Gasteiger partial charge in [-0.3, -0.25) is 4.79 Å². The normalized spacial score (nSPS) is 10.1. The van der Waals surface area contributed by atoms with Crippen molar-refractivity contribution in [2.45, 2.75) is 20.8 Å². The smallest absolute Gasteiger partial charge is 0.160 e. The second kappa shape index (κ2) is 5.31. The standard InChI is InChI=1S/C12H16BrNO/c1-4-14(5-2)10-6-7-11(9(3)15)12(13)8-10/h6-8H,4-5H2,1-3H3. The summed E-state index contributed by atoms with van der Waals surface area (Å²) < 4.78 is 0.874. The number of rotatable bonds is 4. The second-order valence-electron chi connectivity index (χ2n) is 3.39. The van der Waals surface area contributed by atoms with Gasteiger partial charge in [0.1, 0.15) is 0 Å². The van der Waals surface area contributed by atoms with Crippen LogP contribution in [-0.2, 0) is 0 Å². The highest BCUT2D eigenvalue weighted by Gasteiger charge is 2.08. The van der Waals surface area contributed by atoms with Crippen molar-refractivity contribution in [1.82, 2.24) is 0 Å². The second-order valence-corrected chi connectivity index (χ2v) is 4.25. The lowest BCUT2D eigenvalue weighted by molar-refractivity contribution is 0.101. The molecule has 0 saturated heterocycles. The van der Waals surface area contributed by atoms with Crippen LogP contribution in [0.5, 0.6) is 0 Å². The fourth-order valence-electron chi connectivity index (χ4n) is 1.57. The Morgan fingerprint density at radius 1 is 1.33 bits per heavy atom. The summed E-state index contributed by atoms with van der Waals surface area (Å²) in [5.41, 5.74) is 1.89. The molecule has 0 heterocycles. The van der Waals surface area contributed by atoms with Crippen LogP contribution in [0.25, 0.3) is 0 Å². The predicted octanol–water partition coefficient (Wildman–Crippen LogP) is 3.50. The summed E-state index contributed by atoms with van der Waals surface area (Å²) >= 11 is 3.43. The van der Waals surface area contributed by atoms with E-state index in [-0.39, 0.29) is 5.78 Å². The number of ketones is 1. The Bertz CT molecular complexity index is 359. The van der Waals surface area contributed by atoms with Crippen molar-refractivity contribution in [3.05, 3.63) is 28.2 Å². The lowest BCUT2D eigenvalue weighted by Crippen LogP contribution is -2.21. The molecule has 1 aromatic rings. The molecule has 1 rings (SSSR count). The van der Waals surface area contributed by atoms with Crippen LogP contribution in [0.4, 0.5) is 5.69 Å². The molecular formula is C12H16BrNO. The third-order valence-corrected chi connectivity index (χ3v) is 3.12. The molecule has 0 aliphatic carbocycles. The molecule has 0 radical (unpaired) electrons. The Hall–Kier alpha value is -0.830. The van der Waals surface area contributed by atoms with Crippen LogP contribution in [0.3, 0.4) is 0 Å². The zero-order valence-corrected chi connectivity index (χ0v) is 11.0. The van der Waals surface area contributed by atoms with Crippen molar-refractivity contribution in [1.29, 1.82) is 0 Å². The van der Waals surface area contributed by atoms with Gasteiger partial charge in [0, 0.05) is 28.8 Å². The highest BCUT2D eigenvalue weighted by atomic mass is 79.9. The molecule has 1 aromatic carbocycles. The van der Waals surface area contributed by atoms with E-state index in [0.29, 0.717) is 0 Å². The average molecular weight is 270 g/mol. The minimum absolute atomic E-state index is 0.0907. The summed E-state index contributed by atoms with van der Waals surface area (Å²) in [7, 11) is 0. The van der Waals surface area contributed by atoms with E-state index in [9.17, 15) is 4.79 Å². The first kappa shape index (κ1) is 12.2. The third-order valence-electron chi connectivity index (χ3n) is 2.46. The quantitative estimate of drug-likeness (QED) is 0.780. The van der Waals surface area contributed by atoms with Gasteiger partial charge in [-0.1, -0.05) is 0 Å². The molecule has 15 heavy (non-hydrogen) atoms. The Kier molecular flexibility index (Phi) is 4.33. The van der Waals surface area contributed by atoms with Gasteiger partial charge in [0.2, 0.25) is 0 Å². The van der Waals surface area contributed by atoms with E-state index < -0.39 is 0 Å². The molecule has 0 N–H and O–H groups in total. The van der Waals surface area contributed by atoms with Crippen LogP contribution in [-0.4, -0.2) is 18.9 Å². The van der Waals surface area contributed by atoms with E-state index in [0.717, 1.165) is 28.8 Å². The molecule has 2 nitrogen and oxygen atoms in total. The molecule has 82 valence electrons. The van der Waals surface area contributed by atoms with Gasteiger partial charge in [-0.25, -0.2) is 0 Å². The summed E-state index contributed by atoms with van der Waals surface area (Å²) in [4.78, 5) is 13.5. The number of Topliss-reactive ketones (excluding diaryl/α,β-unsaturated/α-hetero) is 1. The molecule has 0 unspecified atom stereocenters. The fourth-order valence-corrected chi connectivity index (χ4v) is 2.22. The SMILES string of the molecule is CCN(CC)c1ccc(C(C)=O)c(Br)c1. The molecule has 0 spiro atoms. The van der Waals surface area contributed by atoms with Gasteiger partial charge in [0.05, 0.1) is 0 Å². The van der Waals surface area contributed by atoms with Crippen LogP contribution in [0, 0.1) is 0 Å². The molecule has 0 saturated carbocycles. The third kappa shape index (κ3) is 2.81. The van der Waals surface area contributed by atoms with Crippen LogP contribution in [0.15, 0.2) is 22.7 Å². The number of carbonyl (C=O) groups is 1. The maximum Gasteiger partial charge on any atom is 0.160 e. The summed E-state index contributed by atoms with van der Waals surface area (Å²) in [6.45, 7) is 7.77. The number of benzene rings is 1. The van der Waals surface area contributed by atoms with Crippen molar-refractivity contribution in [2.75, 3.05) is 18.0 Å². The van der Waals surface area contributed by atoms with Crippen molar-refractivity contribution >= 4 is 27.4 Å². The maximum atomic E-state index is 11.2. The topological polar surface area (TPSA) is 20.3 Å². The fraction of sp³-hybridized carbons (Fsp3) is 0.417. The largest absolute Gasteiger partial charge is 0.372 e. The Morgan fingerprint density at radius 2 is 1.93 bits per heavy atom. The lowest BCUT2D eigenvalue weighted by Gasteiger charge is -2.21. The summed E-state index contributed by atoms with van der Waals surface area (Å²) in [5, 5.41) is 0. The summed E-state index contributed by atoms with van der Waals surface area (Å²) in [6, 6.07) is 5.87. The number of nitrogens with zero attached hydrogens (tertiary/aromatic N) is 1. The number of carbonyl (C=O) groups excluding carboxylic acids is 1. The molecule has 0 aliphatic heterocycles. The Labute approximate surface area is 99.4 Å². The maximum absolute atomic E-state index is 11.2. The molecule has 0 atom stereocenters. The average Bonchev–Trinajstić information content (AvgIpc) is 2.19. The molecular weight excluding hydrogens is 254 g/mol. The minimum atomic E-state index is 0.0907. The van der Waals surface area contributed by atoms with Gasteiger partial charge in [0.25, 0.3) is 0 Å². The molecule has 0 aliphatic rings. The van der Waals surface area contributed by atoms with Crippen LogP contribution < -0.4 is 4.90 Å². The van der Waals surface area contributed by atoms with E-state index in [1.54, 1.807) is 6.92 Å². The van der Waals surface area contributed by atoms with Gasteiger partial charge in [-0.2, -0.15) is 0 Å². The predicted molar refractivity (Wildman–Crippen MR) is 67.7 cm³/mol. The monoisotopic (exact) mass is 269 g/mol. The first-order valence-electron chi connectivity index (χ1n) is 5.15. The first-order chi connectivity index (χ1) is 7.10. The molecule has 0 fully saturated rings. The van der Waals surface area contributed by atoms with Gasteiger partial charge in [0.15, 0.2) is 5.78 Å². The van der Waals surface area contributed by atoms with E-state index in [1.165, 1.54) is 0 Å². The van der Waals surface area contributed by atoms with E-state index in [4.69, 9.17) is 0 Å². The summed E-state index contributed by atoms with van der Waals surface area (Å²) in [6.07, 6.45) is 0.